The third-order valence-corrected chi connectivity index (χ3v) is 4.37. The molecule has 1 atom stereocenters. The summed E-state index contributed by atoms with van der Waals surface area (Å²) in [7, 11) is -3.04. The largest absolute Gasteiger partial charge is 0.475 e. The molecule has 1 aliphatic rings. The highest BCUT2D eigenvalue weighted by atomic mass is 32.2. The van der Waals surface area contributed by atoms with Gasteiger partial charge in [-0.05, 0) is 12.8 Å². The molecule has 88 valence electrons. The number of aromatic carboxylic acids is 1. The second-order valence-corrected chi connectivity index (χ2v) is 6.05. The number of carboxylic acids is 1. The highest BCUT2D eigenvalue weighted by Crippen LogP contribution is 2.27. The van der Waals surface area contributed by atoms with Crippen LogP contribution < -0.4 is 0 Å². The van der Waals surface area contributed by atoms with E-state index in [0.29, 0.717) is 12.8 Å². The number of nitrogens with zero attached hydrogens (tertiary/aromatic N) is 1. The Bertz CT molecular complexity index is 504. The first kappa shape index (κ1) is 11.1. The average molecular weight is 245 g/mol. The molecular weight excluding hydrogens is 234 g/mol. The normalized spacial score (nSPS) is 24.1. The van der Waals surface area contributed by atoms with Gasteiger partial charge in [-0.3, -0.25) is 0 Å². The van der Waals surface area contributed by atoms with Gasteiger partial charge in [0.1, 0.15) is 0 Å². The Morgan fingerprint density at radius 2 is 2.31 bits per heavy atom. The number of oxazole rings is 1. The molecule has 0 spiro atoms. The van der Waals surface area contributed by atoms with Crippen molar-refractivity contribution in [1.29, 1.82) is 0 Å². The predicted molar refractivity (Wildman–Crippen MR) is 54.1 cm³/mol. The van der Waals surface area contributed by atoms with Crippen molar-refractivity contribution in [2.75, 3.05) is 11.5 Å². The molecule has 1 unspecified atom stereocenters. The SMILES string of the molecule is O=C(O)c1cnc(C2CCCS(=O)(=O)C2)o1. The van der Waals surface area contributed by atoms with E-state index < -0.39 is 15.8 Å². The first-order valence-corrected chi connectivity index (χ1v) is 6.69. The van der Waals surface area contributed by atoms with E-state index in [-0.39, 0.29) is 29.1 Å². The van der Waals surface area contributed by atoms with E-state index in [1.165, 1.54) is 0 Å². The molecule has 16 heavy (non-hydrogen) atoms. The van der Waals surface area contributed by atoms with Crippen LogP contribution in [0.5, 0.6) is 0 Å². The van der Waals surface area contributed by atoms with Gasteiger partial charge in [0, 0.05) is 5.92 Å². The monoisotopic (exact) mass is 245 g/mol. The van der Waals surface area contributed by atoms with Gasteiger partial charge in [0.05, 0.1) is 17.7 Å². The van der Waals surface area contributed by atoms with E-state index in [1.54, 1.807) is 0 Å². The minimum Gasteiger partial charge on any atom is -0.475 e. The van der Waals surface area contributed by atoms with Crippen molar-refractivity contribution in [3.8, 4) is 0 Å². The van der Waals surface area contributed by atoms with Crippen LogP contribution in [0.4, 0.5) is 0 Å². The van der Waals surface area contributed by atoms with Gasteiger partial charge < -0.3 is 9.52 Å². The van der Waals surface area contributed by atoms with Gasteiger partial charge in [-0.2, -0.15) is 0 Å². The molecule has 0 saturated carbocycles. The van der Waals surface area contributed by atoms with E-state index >= 15 is 0 Å². The predicted octanol–water partition coefficient (Wildman–Crippen LogP) is 0.665. The zero-order valence-electron chi connectivity index (χ0n) is 8.42. The number of rotatable bonds is 2. The first-order chi connectivity index (χ1) is 7.48. The molecule has 7 heteroatoms. The molecule has 1 aromatic rings. The summed E-state index contributed by atoms with van der Waals surface area (Å²) in [5.74, 6) is -1.37. The molecule has 2 rings (SSSR count). The zero-order valence-corrected chi connectivity index (χ0v) is 9.24. The molecule has 1 aliphatic heterocycles. The van der Waals surface area contributed by atoms with Crippen LogP contribution in [0.2, 0.25) is 0 Å². The molecule has 6 nitrogen and oxygen atoms in total. The fraction of sp³-hybridized carbons (Fsp3) is 0.556. The van der Waals surface area contributed by atoms with Crippen molar-refractivity contribution in [2.24, 2.45) is 0 Å². The fourth-order valence-corrected chi connectivity index (χ4v) is 3.49. The summed E-state index contributed by atoms with van der Waals surface area (Å²) in [5, 5.41) is 8.65. The Labute approximate surface area is 92.2 Å². The van der Waals surface area contributed by atoms with Crippen LogP contribution in [-0.4, -0.2) is 36.0 Å². The Morgan fingerprint density at radius 3 is 2.88 bits per heavy atom. The molecule has 0 aliphatic carbocycles. The van der Waals surface area contributed by atoms with E-state index in [1.807, 2.05) is 0 Å². The van der Waals surface area contributed by atoms with E-state index in [0.717, 1.165) is 6.20 Å². The second kappa shape index (κ2) is 3.89. The lowest BCUT2D eigenvalue weighted by molar-refractivity contribution is 0.0659. The van der Waals surface area contributed by atoms with Crippen LogP contribution in [0.1, 0.15) is 35.2 Å². The third kappa shape index (κ3) is 2.24. The number of hydrogen-bond donors (Lipinski definition) is 1. The van der Waals surface area contributed by atoms with E-state index in [4.69, 9.17) is 9.52 Å². The van der Waals surface area contributed by atoms with Gasteiger partial charge in [0.25, 0.3) is 0 Å². The van der Waals surface area contributed by atoms with Crippen molar-refractivity contribution >= 4 is 15.8 Å². The summed E-state index contributed by atoms with van der Waals surface area (Å²) in [4.78, 5) is 14.4. The second-order valence-electron chi connectivity index (χ2n) is 3.82. The molecule has 1 saturated heterocycles. The molecule has 1 fully saturated rings. The highest BCUT2D eigenvalue weighted by molar-refractivity contribution is 7.91. The summed E-state index contributed by atoms with van der Waals surface area (Å²) >= 11 is 0. The van der Waals surface area contributed by atoms with Crippen LogP contribution in [0.15, 0.2) is 10.6 Å². The van der Waals surface area contributed by atoms with Crippen LogP contribution in [0.25, 0.3) is 0 Å². The number of hydrogen-bond acceptors (Lipinski definition) is 5. The van der Waals surface area contributed by atoms with Crippen LogP contribution in [-0.2, 0) is 9.84 Å². The summed E-state index contributed by atoms with van der Waals surface area (Å²) in [5.41, 5.74) is 0. The molecular formula is C9H11NO5S. The van der Waals surface area contributed by atoms with Crippen LogP contribution in [0.3, 0.4) is 0 Å². The van der Waals surface area contributed by atoms with Crippen molar-refractivity contribution in [3.05, 3.63) is 17.8 Å². The number of sulfone groups is 1. The van der Waals surface area contributed by atoms with Crippen molar-refractivity contribution in [2.45, 2.75) is 18.8 Å². The van der Waals surface area contributed by atoms with E-state index in [2.05, 4.69) is 4.98 Å². The van der Waals surface area contributed by atoms with Crippen molar-refractivity contribution in [3.63, 3.8) is 0 Å². The van der Waals surface area contributed by atoms with Gasteiger partial charge in [0.15, 0.2) is 15.7 Å². The van der Waals surface area contributed by atoms with E-state index in [9.17, 15) is 13.2 Å². The topological polar surface area (TPSA) is 97.5 Å². The fourth-order valence-electron chi connectivity index (χ4n) is 1.79. The Hall–Kier alpha value is -1.37. The van der Waals surface area contributed by atoms with Gasteiger partial charge in [-0.15, -0.1) is 0 Å². The summed E-state index contributed by atoms with van der Waals surface area (Å²) in [6.07, 6.45) is 2.34. The first-order valence-electron chi connectivity index (χ1n) is 4.87. The highest BCUT2D eigenvalue weighted by Gasteiger charge is 2.29. The molecule has 1 aromatic heterocycles. The lowest BCUT2D eigenvalue weighted by Gasteiger charge is -2.18. The van der Waals surface area contributed by atoms with Gasteiger partial charge in [0.2, 0.25) is 5.76 Å². The number of aromatic nitrogens is 1. The zero-order chi connectivity index (χ0) is 11.8. The maximum Gasteiger partial charge on any atom is 0.373 e. The van der Waals surface area contributed by atoms with Crippen LogP contribution in [0, 0.1) is 0 Å². The van der Waals surface area contributed by atoms with Gasteiger partial charge in [-0.1, -0.05) is 0 Å². The maximum absolute atomic E-state index is 11.4. The molecule has 1 N–H and O–H groups in total. The van der Waals surface area contributed by atoms with Gasteiger partial charge in [-0.25, -0.2) is 18.2 Å². The van der Waals surface area contributed by atoms with Crippen LogP contribution >= 0.6 is 0 Å². The van der Waals surface area contributed by atoms with Crippen molar-refractivity contribution < 1.29 is 22.7 Å². The maximum atomic E-state index is 11.4. The van der Waals surface area contributed by atoms with Crippen molar-refractivity contribution in [1.82, 2.24) is 4.98 Å². The molecule has 2 heterocycles. The quantitative estimate of drug-likeness (QED) is 0.822. The molecule has 0 aromatic carbocycles. The van der Waals surface area contributed by atoms with Gasteiger partial charge >= 0.3 is 5.97 Å². The molecule has 0 amide bonds. The smallest absolute Gasteiger partial charge is 0.373 e. The average Bonchev–Trinajstić information content (AvgIpc) is 2.64. The Balaban J connectivity index is 2.20. The minimum absolute atomic E-state index is 0.00737. The summed E-state index contributed by atoms with van der Waals surface area (Å²) in [6, 6.07) is 0. The molecule has 0 radical (unpaired) electrons. The standard InChI is InChI=1S/C9H11NO5S/c11-9(12)7-4-10-8(15-7)6-2-1-3-16(13,14)5-6/h4,6H,1-3,5H2,(H,11,12). The summed E-state index contributed by atoms with van der Waals surface area (Å²) in [6.45, 7) is 0. The number of carboxylic acid groups (broad SMARTS) is 1. The lowest BCUT2D eigenvalue weighted by Crippen LogP contribution is -2.23. The number of carbonyl (C=O) groups is 1. The molecule has 0 bridgehead atoms. The minimum atomic E-state index is -3.04. The lowest BCUT2D eigenvalue weighted by atomic mass is 10.1. The third-order valence-electron chi connectivity index (χ3n) is 2.55. The summed E-state index contributed by atoms with van der Waals surface area (Å²) < 4.78 is 27.8. The Morgan fingerprint density at radius 1 is 1.56 bits per heavy atom. The Kier molecular flexibility index (Phi) is 2.71.